The van der Waals surface area contributed by atoms with Crippen molar-refractivity contribution in [2.45, 2.75) is 13.1 Å². The van der Waals surface area contributed by atoms with E-state index < -0.39 is 17.6 Å². The van der Waals surface area contributed by atoms with Gasteiger partial charge in [0.05, 0.1) is 11.1 Å². The summed E-state index contributed by atoms with van der Waals surface area (Å²) in [7, 11) is 0. The van der Waals surface area contributed by atoms with Crippen molar-refractivity contribution in [1.82, 2.24) is 0 Å². The van der Waals surface area contributed by atoms with Gasteiger partial charge in [-0.25, -0.2) is 0 Å². The second kappa shape index (κ2) is 5.36. The third-order valence-electron chi connectivity index (χ3n) is 2.79. The molecule has 20 heavy (non-hydrogen) atoms. The molecule has 0 aromatic heterocycles. The number of halogens is 3. The van der Waals surface area contributed by atoms with E-state index in [-0.39, 0.29) is 5.56 Å². The van der Waals surface area contributed by atoms with Gasteiger partial charge in [-0.15, -0.1) is 0 Å². The van der Waals surface area contributed by atoms with Gasteiger partial charge < -0.3 is 5.32 Å². The van der Waals surface area contributed by atoms with Gasteiger partial charge in [0.25, 0.3) is 5.91 Å². The van der Waals surface area contributed by atoms with Gasteiger partial charge in [-0.3, -0.25) is 4.79 Å². The molecule has 2 aromatic rings. The molecule has 0 saturated carbocycles. The summed E-state index contributed by atoms with van der Waals surface area (Å²) in [4.78, 5) is 12.0. The number of hydrogen-bond acceptors (Lipinski definition) is 1. The zero-order valence-corrected chi connectivity index (χ0v) is 10.7. The van der Waals surface area contributed by atoms with E-state index in [9.17, 15) is 18.0 Å². The smallest absolute Gasteiger partial charge is 0.322 e. The van der Waals surface area contributed by atoms with E-state index in [0.717, 1.165) is 17.7 Å². The number of benzene rings is 2. The monoisotopic (exact) mass is 279 g/mol. The van der Waals surface area contributed by atoms with Crippen LogP contribution in [0, 0.1) is 6.92 Å². The van der Waals surface area contributed by atoms with Gasteiger partial charge in [-0.2, -0.15) is 13.2 Å². The third kappa shape index (κ3) is 3.17. The second-order valence-corrected chi connectivity index (χ2v) is 4.36. The lowest BCUT2D eigenvalue weighted by Gasteiger charge is -2.12. The molecule has 0 radical (unpaired) electrons. The Morgan fingerprint density at radius 3 is 2.20 bits per heavy atom. The molecule has 0 fully saturated rings. The number of carbonyl (C=O) groups excluding carboxylic acids is 1. The molecule has 1 N–H and O–H groups in total. The van der Waals surface area contributed by atoms with E-state index in [4.69, 9.17) is 0 Å². The van der Waals surface area contributed by atoms with Crippen LogP contribution in [-0.2, 0) is 6.18 Å². The molecule has 1 amide bonds. The summed E-state index contributed by atoms with van der Waals surface area (Å²) in [6.45, 7) is 1.88. The quantitative estimate of drug-likeness (QED) is 0.874. The van der Waals surface area contributed by atoms with Crippen molar-refractivity contribution < 1.29 is 18.0 Å². The number of hydrogen-bond donors (Lipinski definition) is 1. The lowest BCUT2D eigenvalue weighted by Crippen LogP contribution is -2.18. The van der Waals surface area contributed by atoms with Crippen LogP contribution in [0.2, 0.25) is 0 Å². The van der Waals surface area contributed by atoms with Crippen LogP contribution in [0.3, 0.4) is 0 Å². The van der Waals surface area contributed by atoms with E-state index in [1.165, 1.54) is 12.1 Å². The Morgan fingerprint density at radius 1 is 1.00 bits per heavy atom. The lowest BCUT2D eigenvalue weighted by molar-refractivity contribution is -0.137. The Labute approximate surface area is 114 Å². The minimum absolute atomic E-state index is 0.388. The van der Waals surface area contributed by atoms with Crippen LogP contribution in [0.1, 0.15) is 21.5 Å². The summed E-state index contributed by atoms with van der Waals surface area (Å²) in [5.74, 6) is -0.776. The van der Waals surface area contributed by atoms with Gasteiger partial charge in [0, 0.05) is 5.69 Å². The number of alkyl halides is 3. The molecular weight excluding hydrogens is 267 g/mol. The van der Waals surface area contributed by atoms with Crippen molar-refractivity contribution in [2.75, 3.05) is 5.32 Å². The minimum Gasteiger partial charge on any atom is -0.322 e. The molecule has 2 aromatic carbocycles. The van der Waals surface area contributed by atoms with Gasteiger partial charge in [0.15, 0.2) is 0 Å². The zero-order chi connectivity index (χ0) is 14.8. The molecule has 0 aliphatic rings. The fourth-order valence-corrected chi connectivity index (χ4v) is 1.76. The maximum atomic E-state index is 12.8. The number of rotatable bonds is 2. The van der Waals surface area contributed by atoms with E-state index in [0.29, 0.717) is 5.69 Å². The molecule has 0 unspecified atom stereocenters. The maximum absolute atomic E-state index is 12.8. The molecule has 0 heterocycles. The van der Waals surface area contributed by atoms with Crippen molar-refractivity contribution in [2.24, 2.45) is 0 Å². The van der Waals surface area contributed by atoms with Crippen LogP contribution in [0.15, 0.2) is 48.5 Å². The predicted molar refractivity (Wildman–Crippen MR) is 70.6 cm³/mol. The second-order valence-electron chi connectivity index (χ2n) is 4.36. The molecular formula is C15H12F3NO. The average molecular weight is 279 g/mol. The normalized spacial score (nSPS) is 11.2. The van der Waals surface area contributed by atoms with Gasteiger partial charge >= 0.3 is 6.18 Å². The number of amides is 1. The molecule has 5 heteroatoms. The summed E-state index contributed by atoms with van der Waals surface area (Å²) < 4.78 is 38.5. The molecule has 0 aliphatic heterocycles. The van der Waals surface area contributed by atoms with Crippen molar-refractivity contribution in [3.8, 4) is 0 Å². The number of carbonyl (C=O) groups is 1. The highest BCUT2D eigenvalue weighted by Gasteiger charge is 2.34. The van der Waals surface area contributed by atoms with Gasteiger partial charge in [-0.05, 0) is 31.2 Å². The molecule has 2 nitrogen and oxygen atoms in total. The Hall–Kier alpha value is -2.30. The Bertz CT molecular complexity index is 618. The van der Waals surface area contributed by atoms with E-state index >= 15 is 0 Å². The molecule has 0 atom stereocenters. The van der Waals surface area contributed by atoms with E-state index in [2.05, 4.69) is 5.32 Å². The molecule has 0 saturated heterocycles. The number of anilines is 1. The average Bonchev–Trinajstić information content (AvgIpc) is 2.40. The first kappa shape index (κ1) is 14.1. The molecule has 0 spiro atoms. The van der Waals surface area contributed by atoms with Crippen molar-refractivity contribution in [3.63, 3.8) is 0 Å². The molecule has 2 rings (SSSR count). The Kier molecular flexibility index (Phi) is 3.79. The Morgan fingerprint density at radius 2 is 1.60 bits per heavy atom. The van der Waals surface area contributed by atoms with Crippen LogP contribution in [0.25, 0.3) is 0 Å². The van der Waals surface area contributed by atoms with E-state index in [1.54, 1.807) is 24.3 Å². The summed E-state index contributed by atoms with van der Waals surface area (Å²) in [5.41, 5.74) is 0.126. The summed E-state index contributed by atoms with van der Waals surface area (Å²) in [6, 6.07) is 11.5. The summed E-state index contributed by atoms with van der Waals surface area (Å²) >= 11 is 0. The van der Waals surface area contributed by atoms with Crippen molar-refractivity contribution in [1.29, 1.82) is 0 Å². The highest BCUT2D eigenvalue weighted by Crippen LogP contribution is 2.32. The SMILES string of the molecule is Cc1ccc(NC(=O)c2ccccc2C(F)(F)F)cc1. The predicted octanol–water partition coefficient (Wildman–Crippen LogP) is 4.27. The fraction of sp³-hybridized carbons (Fsp3) is 0.133. The van der Waals surface area contributed by atoms with Crippen LogP contribution < -0.4 is 5.32 Å². The highest BCUT2D eigenvalue weighted by molar-refractivity contribution is 6.05. The number of aryl methyl sites for hydroxylation is 1. The zero-order valence-electron chi connectivity index (χ0n) is 10.7. The van der Waals surface area contributed by atoms with Crippen molar-refractivity contribution >= 4 is 11.6 Å². The summed E-state index contributed by atoms with van der Waals surface area (Å²) in [6.07, 6.45) is -4.55. The topological polar surface area (TPSA) is 29.1 Å². The van der Waals surface area contributed by atoms with Gasteiger partial charge in [0.2, 0.25) is 0 Å². The van der Waals surface area contributed by atoms with Crippen molar-refractivity contribution in [3.05, 3.63) is 65.2 Å². The fourth-order valence-electron chi connectivity index (χ4n) is 1.76. The van der Waals surface area contributed by atoms with Crippen LogP contribution in [0.5, 0.6) is 0 Å². The molecule has 104 valence electrons. The minimum atomic E-state index is -4.55. The Balaban J connectivity index is 2.28. The third-order valence-corrected chi connectivity index (χ3v) is 2.79. The highest BCUT2D eigenvalue weighted by atomic mass is 19.4. The van der Waals surface area contributed by atoms with Gasteiger partial charge in [-0.1, -0.05) is 29.8 Å². The van der Waals surface area contributed by atoms with Crippen LogP contribution >= 0.6 is 0 Å². The maximum Gasteiger partial charge on any atom is 0.417 e. The van der Waals surface area contributed by atoms with Crippen LogP contribution in [0.4, 0.5) is 18.9 Å². The molecule has 0 aliphatic carbocycles. The lowest BCUT2D eigenvalue weighted by atomic mass is 10.1. The largest absolute Gasteiger partial charge is 0.417 e. The first-order valence-corrected chi connectivity index (χ1v) is 5.92. The number of nitrogens with one attached hydrogen (secondary N) is 1. The standard InChI is InChI=1S/C15H12F3NO/c1-10-6-8-11(9-7-10)19-14(20)12-4-2-3-5-13(12)15(16,17)18/h2-9H,1H3,(H,19,20). The van der Waals surface area contributed by atoms with E-state index in [1.807, 2.05) is 6.92 Å². The van der Waals surface area contributed by atoms with Gasteiger partial charge in [0.1, 0.15) is 0 Å². The van der Waals surface area contributed by atoms with Crippen LogP contribution in [-0.4, -0.2) is 5.91 Å². The molecule has 0 bridgehead atoms. The summed E-state index contributed by atoms with van der Waals surface area (Å²) in [5, 5.41) is 2.46. The first-order valence-electron chi connectivity index (χ1n) is 5.92. The first-order chi connectivity index (χ1) is 9.38.